The van der Waals surface area contributed by atoms with E-state index in [1.165, 1.54) is 63.7 Å². The van der Waals surface area contributed by atoms with Gasteiger partial charge in [0.05, 0.1) is 11.0 Å². The molecule has 3 aromatic heterocycles. The third kappa shape index (κ3) is 5.94. The van der Waals surface area contributed by atoms with Crippen LogP contribution < -0.4 is 0 Å². The maximum atomic E-state index is 5.42. The van der Waals surface area contributed by atoms with E-state index in [1.807, 2.05) is 41.3 Å². The molecule has 8 aromatic carbocycles. The minimum absolute atomic E-state index is 0.319. The standard InChI is InChI=1S/C57H36N4S2/c1-3-15-35(16-4-1)55-58-56(42-21-8-7-19-39(42)41-23-13-27-51-53(41)43-22-10-12-26-49(43)62-51)60-57(59-55)44-24-14-28-52-54(44)46-34-37(30-32-50(46)63-52)36-29-31-48-45(33-36)40-20-9-11-25-47(40)61(48)38-17-5-2-6-18-38/h1-34,43,49H. The van der Waals surface area contributed by atoms with Crippen molar-refractivity contribution >= 4 is 65.1 Å². The molecule has 0 fully saturated rings. The van der Waals surface area contributed by atoms with E-state index in [-0.39, 0.29) is 0 Å². The summed E-state index contributed by atoms with van der Waals surface area (Å²) in [6.45, 7) is 0. The summed E-state index contributed by atoms with van der Waals surface area (Å²) in [5, 5.41) is 5.23. The molecule has 6 heteroatoms. The van der Waals surface area contributed by atoms with Crippen LogP contribution in [-0.2, 0) is 0 Å². The van der Waals surface area contributed by atoms with E-state index in [4.69, 9.17) is 15.0 Å². The molecule has 1 aliphatic carbocycles. The molecule has 63 heavy (non-hydrogen) atoms. The van der Waals surface area contributed by atoms with Gasteiger partial charge in [-0.3, -0.25) is 0 Å². The van der Waals surface area contributed by atoms with Gasteiger partial charge in [-0.2, -0.15) is 0 Å². The SMILES string of the molecule is C1=CC2Sc3cccc(-c4ccccc4-c4nc(-c5ccccc5)nc(-c5cccc6sc7ccc(-c8ccc9c(c8)c8ccccc8n9-c8ccccc8)cc7c56)n4)c3C2C=C1. The van der Waals surface area contributed by atoms with Gasteiger partial charge in [0, 0.05) is 69.4 Å². The second kappa shape index (κ2) is 14.6. The van der Waals surface area contributed by atoms with Crippen molar-refractivity contribution in [1.82, 2.24) is 19.5 Å². The number of hydrogen-bond acceptors (Lipinski definition) is 5. The van der Waals surface area contributed by atoms with Crippen molar-refractivity contribution < 1.29 is 0 Å². The van der Waals surface area contributed by atoms with E-state index >= 15 is 0 Å². The van der Waals surface area contributed by atoms with Crippen molar-refractivity contribution in [3.05, 3.63) is 212 Å². The molecule has 2 unspecified atom stereocenters. The third-order valence-electron chi connectivity index (χ3n) is 12.6. The molecule has 0 N–H and O–H groups in total. The van der Waals surface area contributed by atoms with Crippen LogP contribution in [0.4, 0.5) is 0 Å². The lowest BCUT2D eigenvalue weighted by molar-refractivity contribution is 0.883. The van der Waals surface area contributed by atoms with Crippen LogP contribution in [0, 0.1) is 0 Å². The third-order valence-corrected chi connectivity index (χ3v) is 15.1. The number of aromatic nitrogens is 4. The zero-order chi connectivity index (χ0) is 41.4. The molecule has 0 radical (unpaired) electrons. The Morgan fingerprint density at radius 2 is 1.08 bits per heavy atom. The van der Waals surface area contributed by atoms with Crippen LogP contribution in [0.2, 0.25) is 0 Å². The first-order valence-electron chi connectivity index (χ1n) is 21.3. The van der Waals surface area contributed by atoms with Gasteiger partial charge in [-0.25, -0.2) is 15.0 Å². The summed E-state index contributed by atoms with van der Waals surface area (Å²) in [6, 6.07) is 65.3. The van der Waals surface area contributed by atoms with Crippen molar-refractivity contribution in [3.63, 3.8) is 0 Å². The van der Waals surface area contributed by atoms with Gasteiger partial charge in [0.25, 0.3) is 0 Å². The number of rotatable bonds is 6. The Balaban J connectivity index is 0.983. The highest BCUT2D eigenvalue weighted by Crippen LogP contribution is 2.52. The number of allylic oxidation sites excluding steroid dienone is 3. The Kier molecular flexibility index (Phi) is 8.42. The second-order valence-electron chi connectivity index (χ2n) is 16.2. The molecule has 296 valence electrons. The first-order valence-corrected chi connectivity index (χ1v) is 23.0. The number of benzene rings is 8. The summed E-state index contributed by atoms with van der Waals surface area (Å²) in [5.74, 6) is 2.29. The van der Waals surface area contributed by atoms with Crippen LogP contribution in [0.3, 0.4) is 0 Å². The number of hydrogen-bond donors (Lipinski definition) is 0. The van der Waals surface area contributed by atoms with E-state index < -0.39 is 0 Å². The number of thiophene rings is 1. The first-order chi connectivity index (χ1) is 31.2. The second-order valence-corrected chi connectivity index (χ2v) is 18.5. The fourth-order valence-corrected chi connectivity index (χ4v) is 12.3. The predicted octanol–water partition coefficient (Wildman–Crippen LogP) is 15.4. The molecule has 13 rings (SSSR count). The smallest absolute Gasteiger partial charge is 0.164 e. The summed E-state index contributed by atoms with van der Waals surface area (Å²) in [5.41, 5.74) is 12.6. The molecule has 0 amide bonds. The minimum atomic E-state index is 0.319. The Bertz CT molecular complexity index is 3680. The molecule has 0 saturated carbocycles. The van der Waals surface area contributed by atoms with Gasteiger partial charge in [0.15, 0.2) is 17.5 Å². The zero-order valence-electron chi connectivity index (χ0n) is 33.9. The lowest BCUT2D eigenvalue weighted by Gasteiger charge is -2.19. The van der Waals surface area contributed by atoms with E-state index in [9.17, 15) is 0 Å². The molecule has 2 aliphatic rings. The first kappa shape index (κ1) is 36.3. The molecular formula is C57H36N4S2. The summed E-state index contributed by atoms with van der Waals surface area (Å²) in [6.07, 6.45) is 9.04. The quantitative estimate of drug-likeness (QED) is 0.167. The summed E-state index contributed by atoms with van der Waals surface area (Å²) in [4.78, 5) is 17.3. The Labute approximate surface area is 372 Å². The fourth-order valence-electron chi connectivity index (χ4n) is 9.78. The van der Waals surface area contributed by atoms with E-state index in [0.717, 1.165) is 33.3 Å². The van der Waals surface area contributed by atoms with Crippen LogP contribution in [0.5, 0.6) is 0 Å². The van der Waals surface area contributed by atoms with Crippen LogP contribution in [-0.4, -0.2) is 24.8 Å². The van der Waals surface area contributed by atoms with Crippen molar-refractivity contribution in [3.8, 4) is 62.1 Å². The van der Waals surface area contributed by atoms with Crippen LogP contribution in [0.1, 0.15) is 11.5 Å². The van der Waals surface area contributed by atoms with Gasteiger partial charge < -0.3 is 4.57 Å². The van der Waals surface area contributed by atoms with Crippen molar-refractivity contribution in [1.29, 1.82) is 0 Å². The highest BCUT2D eigenvalue weighted by molar-refractivity contribution is 8.00. The highest BCUT2D eigenvalue weighted by atomic mass is 32.2. The number of para-hydroxylation sites is 2. The largest absolute Gasteiger partial charge is 0.309 e. The molecule has 11 aromatic rings. The van der Waals surface area contributed by atoms with Gasteiger partial charge in [-0.15, -0.1) is 23.1 Å². The maximum Gasteiger partial charge on any atom is 0.164 e. The molecule has 0 bridgehead atoms. The monoisotopic (exact) mass is 840 g/mol. The molecule has 4 heterocycles. The summed E-state index contributed by atoms with van der Waals surface area (Å²) >= 11 is 3.77. The van der Waals surface area contributed by atoms with Crippen molar-refractivity contribution in [2.75, 3.05) is 0 Å². The predicted molar refractivity (Wildman–Crippen MR) is 265 cm³/mol. The average molecular weight is 841 g/mol. The van der Waals surface area contributed by atoms with Gasteiger partial charge in [-0.1, -0.05) is 152 Å². The molecule has 1 aliphatic heterocycles. The average Bonchev–Trinajstić information content (AvgIpc) is 4.04. The molecular weight excluding hydrogens is 805 g/mol. The van der Waals surface area contributed by atoms with Crippen LogP contribution in [0.25, 0.3) is 104 Å². The molecule has 2 atom stereocenters. The van der Waals surface area contributed by atoms with E-state index in [0.29, 0.717) is 28.6 Å². The topological polar surface area (TPSA) is 43.6 Å². The summed E-state index contributed by atoms with van der Waals surface area (Å²) < 4.78 is 4.80. The van der Waals surface area contributed by atoms with E-state index in [2.05, 4.69) is 193 Å². The maximum absolute atomic E-state index is 5.42. The van der Waals surface area contributed by atoms with E-state index in [1.54, 1.807) is 0 Å². The van der Waals surface area contributed by atoms with Gasteiger partial charge in [0.2, 0.25) is 0 Å². The number of nitrogens with zero attached hydrogens (tertiary/aromatic N) is 4. The number of thioether (sulfide) groups is 1. The van der Waals surface area contributed by atoms with Crippen molar-refractivity contribution in [2.45, 2.75) is 16.1 Å². The lowest BCUT2D eigenvalue weighted by Crippen LogP contribution is -2.08. The highest BCUT2D eigenvalue weighted by Gasteiger charge is 2.34. The Morgan fingerprint density at radius 3 is 1.95 bits per heavy atom. The lowest BCUT2D eigenvalue weighted by atomic mass is 9.85. The van der Waals surface area contributed by atoms with Crippen LogP contribution >= 0.6 is 23.1 Å². The molecule has 0 saturated heterocycles. The van der Waals surface area contributed by atoms with Gasteiger partial charge in [0.1, 0.15) is 0 Å². The summed E-state index contributed by atoms with van der Waals surface area (Å²) in [7, 11) is 0. The normalized spacial score (nSPS) is 15.4. The zero-order valence-corrected chi connectivity index (χ0v) is 35.5. The molecule has 4 nitrogen and oxygen atoms in total. The van der Waals surface area contributed by atoms with Crippen molar-refractivity contribution in [2.24, 2.45) is 0 Å². The van der Waals surface area contributed by atoms with Gasteiger partial charge in [-0.05, 0) is 82.4 Å². The molecule has 0 spiro atoms. The number of fused-ring (bicyclic) bond motifs is 9. The fraction of sp³-hybridized carbons (Fsp3) is 0.0351. The van der Waals surface area contributed by atoms with Gasteiger partial charge >= 0.3 is 0 Å². The Morgan fingerprint density at radius 1 is 0.429 bits per heavy atom. The minimum Gasteiger partial charge on any atom is -0.309 e. The Hall–Kier alpha value is -7.38. The van der Waals surface area contributed by atoms with Crippen LogP contribution in [0.15, 0.2) is 211 Å².